The smallest absolute Gasteiger partial charge is 0.255 e. The Morgan fingerprint density at radius 3 is 2.50 bits per heavy atom. The number of nitrogens with one attached hydrogen (secondary N) is 1. The highest BCUT2D eigenvalue weighted by atomic mass is 35.5. The molecule has 3 aromatic rings. The first-order valence-electron chi connectivity index (χ1n) is 8.05. The van der Waals surface area contributed by atoms with Crippen molar-refractivity contribution in [2.24, 2.45) is 0 Å². The van der Waals surface area contributed by atoms with E-state index in [-0.39, 0.29) is 12.0 Å². The van der Waals surface area contributed by atoms with E-state index in [0.717, 1.165) is 4.88 Å². The molecule has 0 bridgehead atoms. The number of thiophene rings is 1. The minimum atomic E-state index is -0.251. The molecular weight excluding hydrogens is 370 g/mol. The van der Waals surface area contributed by atoms with Gasteiger partial charge in [-0.3, -0.25) is 4.79 Å². The maximum absolute atomic E-state index is 12.6. The van der Waals surface area contributed by atoms with Crippen molar-refractivity contribution in [3.8, 4) is 11.5 Å². The summed E-state index contributed by atoms with van der Waals surface area (Å²) in [6.45, 7) is 0.339. The van der Waals surface area contributed by atoms with E-state index in [2.05, 4.69) is 5.32 Å². The fourth-order valence-corrected chi connectivity index (χ4v) is 3.58. The highest BCUT2D eigenvalue weighted by Gasteiger charge is 2.17. The Labute approximate surface area is 161 Å². The summed E-state index contributed by atoms with van der Waals surface area (Å²) in [5.74, 6) is 0.960. The van der Waals surface area contributed by atoms with E-state index in [1.54, 1.807) is 25.3 Å². The normalized spacial score (nSPS) is 11.8. The van der Waals surface area contributed by atoms with Gasteiger partial charge in [0.05, 0.1) is 9.90 Å². The van der Waals surface area contributed by atoms with E-state index < -0.39 is 0 Å². The van der Waals surface area contributed by atoms with Gasteiger partial charge in [-0.15, -0.1) is 11.3 Å². The Morgan fingerprint density at radius 1 is 1.08 bits per heavy atom. The number of carbonyl (C=O) groups excluding carboxylic acids is 1. The number of hydrogen-bond acceptors (Lipinski definition) is 4. The van der Waals surface area contributed by atoms with Gasteiger partial charge in [0.1, 0.15) is 17.6 Å². The van der Waals surface area contributed by atoms with Gasteiger partial charge < -0.3 is 14.8 Å². The van der Waals surface area contributed by atoms with Gasteiger partial charge in [0.15, 0.2) is 0 Å². The van der Waals surface area contributed by atoms with Gasteiger partial charge in [0.25, 0.3) is 5.91 Å². The van der Waals surface area contributed by atoms with Crippen LogP contribution in [-0.4, -0.2) is 19.6 Å². The summed E-state index contributed by atoms with van der Waals surface area (Å²) in [4.78, 5) is 13.6. The van der Waals surface area contributed by atoms with Gasteiger partial charge in [-0.2, -0.15) is 0 Å². The third-order valence-electron chi connectivity index (χ3n) is 3.75. The van der Waals surface area contributed by atoms with Crippen molar-refractivity contribution >= 4 is 28.8 Å². The van der Waals surface area contributed by atoms with E-state index in [1.165, 1.54) is 11.3 Å². The number of para-hydroxylation sites is 2. The van der Waals surface area contributed by atoms with Gasteiger partial charge in [-0.05, 0) is 36.4 Å². The largest absolute Gasteiger partial charge is 0.457 e. The van der Waals surface area contributed by atoms with Crippen LogP contribution in [0.5, 0.6) is 11.5 Å². The fourth-order valence-electron chi connectivity index (χ4n) is 2.44. The monoisotopic (exact) mass is 387 g/mol. The summed E-state index contributed by atoms with van der Waals surface area (Å²) in [5.41, 5.74) is 0.468. The first kappa shape index (κ1) is 18.5. The van der Waals surface area contributed by atoms with Gasteiger partial charge in [-0.1, -0.05) is 41.9 Å². The molecule has 0 fully saturated rings. The van der Waals surface area contributed by atoms with Crippen molar-refractivity contribution in [1.82, 2.24) is 5.32 Å². The number of halogens is 1. The van der Waals surface area contributed by atoms with Crippen LogP contribution in [0.3, 0.4) is 0 Å². The van der Waals surface area contributed by atoms with Crippen LogP contribution in [0.25, 0.3) is 0 Å². The molecule has 26 heavy (non-hydrogen) atoms. The molecule has 1 amide bonds. The number of rotatable bonds is 7. The summed E-state index contributed by atoms with van der Waals surface area (Å²) in [7, 11) is 1.61. The molecule has 6 heteroatoms. The molecule has 1 heterocycles. The third-order valence-corrected chi connectivity index (χ3v) is 5.07. The summed E-state index contributed by atoms with van der Waals surface area (Å²) in [6.07, 6.45) is -0.251. The summed E-state index contributed by atoms with van der Waals surface area (Å²) in [5, 5.41) is 2.90. The van der Waals surface area contributed by atoms with Gasteiger partial charge >= 0.3 is 0 Å². The van der Waals surface area contributed by atoms with E-state index in [9.17, 15) is 4.79 Å². The summed E-state index contributed by atoms with van der Waals surface area (Å²) in [6, 6.07) is 20.2. The second kappa shape index (κ2) is 8.85. The zero-order valence-electron chi connectivity index (χ0n) is 14.1. The van der Waals surface area contributed by atoms with Crippen molar-refractivity contribution < 1.29 is 14.3 Å². The predicted octanol–water partition coefficient (Wildman–Crippen LogP) is 5.31. The van der Waals surface area contributed by atoms with Gasteiger partial charge in [0, 0.05) is 18.5 Å². The SMILES string of the molecule is COC(CNC(=O)c1ccccc1Oc1ccccc1)c1ccc(Cl)s1. The molecule has 0 radical (unpaired) electrons. The second-order valence-corrected chi connectivity index (χ2v) is 7.23. The summed E-state index contributed by atoms with van der Waals surface area (Å²) >= 11 is 7.41. The lowest BCUT2D eigenvalue weighted by Crippen LogP contribution is -2.29. The Bertz CT molecular complexity index is 866. The molecule has 1 atom stereocenters. The first-order valence-corrected chi connectivity index (χ1v) is 9.25. The van der Waals surface area contributed by atoms with Crippen LogP contribution < -0.4 is 10.1 Å². The topological polar surface area (TPSA) is 47.6 Å². The number of benzene rings is 2. The molecule has 1 unspecified atom stereocenters. The number of ether oxygens (including phenoxy) is 2. The molecule has 2 aromatic carbocycles. The lowest BCUT2D eigenvalue weighted by Gasteiger charge is -2.16. The highest BCUT2D eigenvalue weighted by Crippen LogP contribution is 2.29. The minimum Gasteiger partial charge on any atom is -0.457 e. The van der Waals surface area contributed by atoms with Crippen LogP contribution in [0.15, 0.2) is 66.7 Å². The van der Waals surface area contributed by atoms with Crippen LogP contribution in [0.2, 0.25) is 4.34 Å². The zero-order chi connectivity index (χ0) is 18.4. The first-order chi connectivity index (χ1) is 12.7. The Hall–Kier alpha value is -2.34. The number of methoxy groups -OCH3 is 1. The maximum atomic E-state index is 12.6. The van der Waals surface area contributed by atoms with Gasteiger partial charge in [0.2, 0.25) is 0 Å². The molecule has 0 aliphatic heterocycles. The molecular formula is C20H18ClNO3S. The van der Waals surface area contributed by atoms with Gasteiger partial charge in [-0.25, -0.2) is 0 Å². The Morgan fingerprint density at radius 2 is 1.81 bits per heavy atom. The van der Waals surface area contributed by atoms with Crippen molar-refractivity contribution in [1.29, 1.82) is 0 Å². The molecule has 0 spiro atoms. The lowest BCUT2D eigenvalue weighted by molar-refractivity contribution is 0.0836. The molecule has 3 rings (SSSR count). The zero-order valence-corrected chi connectivity index (χ0v) is 15.7. The van der Waals surface area contributed by atoms with Crippen molar-refractivity contribution in [3.63, 3.8) is 0 Å². The Balaban J connectivity index is 1.70. The average molecular weight is 388 g/mol. The van der Waals surface area contributed by atoms with E-state index >= 15 is 0 Å². The van der Waals surface area contributed by atoms with E-state index in [4.69, 9.17) is 21.1 Å². The predicted molar refractivity (Wildman–Crippen MR) is 104 cm³/mol. The maximum Gasteiger partial charge on any atom is 0.255 e. The van der Waals surface area contributed by atoms with Crippen LogP contribution in [-0.2, 0) is 4.74 Å². The minimum absolute atomic E-state index is 0.221. The summed E-state index contributed by atoms with van der Waals surface area (Å²) < 4.78 is 12.0. The quantitative estimate of drug-likeness (QED) is 0.597. The van der Waals surface area contributed by atoms with Crippen LogP contribution >= 0.6 is 22.9 Å². The molecule has 1 N–H and O–H groups in total. The number of amides is 1. The molecule has 0 saturated heterocycles. The Kier molecular flexibility index (Phi) is 6.28. The number of carbonyl (C=O) groups is 1. The van der Waals surface area contributed by atoms with E-state index in [0.29, 0.717) is 27.9 Å². The number of hydrogen-bond donors (Lipinski definition) is 1. The van der Waals surface area contributed by atoms with E-state index in [1.807, 2.05) is 48.5 Å². The molecule has 0 aliphatic carbocycles. The standard InChI is InChI=1S/C20H18ClNO3S/c1-24-17(18-11-12-19(21)26-18)13-22-20(23)15-9-5-6-10-16(15)25-14-7-3-2-4-8-14/h2-12,17H,13H2,1H3,(H,22,23). The molecule has 0 saturated carbocycles. The average Bonchev–Trinajstić information content (AvgIpc) is 3.09. The molecule has 1 aromatic heterocycles. The highest BCUT2D eigenvalue weighted by molar-refractivity contribution is 7.16. The van der Waals surface area contributed by atoms with Crippen molar-refractivity contribution in [2.75, 3.05) is 13.7 Å². The third kappa shape index (κ3) is 4.64. The lowest BCUT2D eigenvalue weighted by atomic mass is 10.1. The molecule has 4 nitrogen and oxygen atoms in total. The van der Waals surface area contributed by atoms with Crippen molar-refractivity contribution in [3.05, 3.63) is 81.5 Å². The van der Waals surface area contributed by atoms with Crippen LogP contribution in [0, 0.1) is 0 Å². The second-order valence-electron chi connectivity index (χ2n) is 5.49. The molecule has 0 aliphatic rings. The molecule has 134 valence electrons. The fraction of sp³-hybridized carbons (Fsp3) is 0.150. The van der Waals surface area contributed by atoms with Crippen molar-refractivity contribution in [2.45, 2.75) is 6.10 Å². The van der Waals surface area contributed by atoms with Crippen LogP contribution in [0.1, 0.15) is 21.3 Å². The van der Waals surface area contributed by atoms with Crippen LogP contribution in [0.4, 0.5) is 0 Å².